The third kappa shape index (κ3) is 1.80. The fourth-order valence-corrected chi connectivity index (χ4v) is 1.94. The maximum absolute atomic E-state index is 10.7. The zero-order valence-electron chi connectivity index (χ0n) is 7.20. The van der Waals surface area contributed by atoms with E-state index in [1.54, 1.807) is 6.92 Å². The van der Waals surface area contributed by atoms with Crippen LogP contribution in [0.5, 0.6) is 0 Å². The summed E-state index contributed by atoms with van der Waals surface area (Å²) in [5.74, 6) is -0.947. The SMILES string of the molecule is Cc1sc(NC2CC2)nc1C(=O)O. The van der Waals surface area contributed by atoms with Gasteiger partial charge < -0.3 is 10.4 Å². The minimum Gasteiger partial charge on any atom is -0.476 e. The van der Waals surface area contributed by atoms with E-state index in [1.165, 1.54) is 24.2 Å². The molecular formula is C8H10N2O2S. The zero-order valence-corrected chi connectivity index (χ0v) is 8.02. The highest BCUT2D eigenvalue weighted by atomic mass is 32.1. The van der Waals surface area contributed by atoms with Crippen molar-refractivity contribution in [3.63, 3.8) is 0 Å². The summed E-state index contributed by atoms with van der Waals surface area (Å²) in [6.07, 6.45) is 2.34. The van der Waals surface area contributed by atoms with Gasteiger partial charge in [-0.1, -0.05) is 0 Å². The maximum Gasteiger partial charge on any atom is 0.355 e. The van der Waals surface area contributed by atoms with E-state index >= 15 is 0 Å². The van der Waals surface area contributed by atoms with Crippen LogP contribution in [0.25, 0.3) is 0 Å². The third-order valence-electron chi connectivity index (χ3n) is 1.90. The number of aromatic carboxylic acids is 1. The van der Waals surface area contributed by atoms with E-state index in [9.17, 15) is 4.79 Å². The second-order valence-electron chi connectivity index (χ2n) is 3.15. The molecule has 0 unspecified atom stereocenters. The Kier molecular flexibility index (Phi) is 1.95. The molecule has 13 heavy (non-hydrogen) atoms. The van der Waals surface area contributed by atoms with Crippen molar-refractivity contribution in [3.05, 3.63) is 10.6 Å². The van der Waals surface area contributed by atoms with E-state index in [0.29, 0.717) is 6.04 Å². The largest absolute Gasteiger partial charge is 0.476 e. The minimum absolute atomic E-state index is 0.174. The summed E-state index contributed by atoms with van der Waals surface area (Å²) in [4.78, 5) is 15.4. The van der Waals surface area contributed by atoms with Crippen molar-refractivity contribution in [2.24, 2.45) is 0 Å². The molecule has 1 aliphatic rings. The normalized spacial score (nSPS) is 15.8. The predicted molar refractivity (Wildman–Crippen MR) is 50.5 cm³/mol. The number of nitrogens with one attached hydrogen (secondary N) is 1. The van der Waals surface area contributed by atoms with Crippen LogP contribution in [0.3, 0.4) is 0 Å². The minimum atomic E-state index is -0.947. The number of aryl methyl sites for hydroxylation is 1. The molecule has 1 heterocycles. The van der Waals surface area contributed by atoms with Crippen LogP contribution < -0.4 is 5.32 Å². The number of carboxylic acids is 1. The van der Waals surface area contributed by atoms with Gasteiger partial charge in [-0.3, -0.25) is 0 Å². The molecule has 1 fully saturated rings. The molecule has 0 spiro atoms. The monoisotopic (exact) mass is 198 g/mol. The molecule has 4 nitrogen and oxygen atoms in total. The number of carboxylic acid groups (broad SMARTS) is 1. The first kappa shape index (κ1) is 8.50. The van der Waals surface area contributed by atoms with Crippen molar-refractivity contribution in [2.45, 2.75) is 25.8 Å². The van der Waals surface area contributed by atoms with Gasteiger partial charge in [0.05, 0.1) is 0 Å². The van der Waals surface area contributed by atoms with Crippen LogP contribution in [0.15, 0.2) is 0 Å². The Morgan fingerprint density at radius 1 is 1.69 bits per heavy atom. The Bertz CT molecular complexity index is 344. The van der Waals surface area contributed by atoms with Gasteiger partial charge in [0.15, 0.2) is 10.8 Å². The lowest BCUT2D eigenvalue weighted by atomic mass is 10.4. The van der Waals surface area contributed by atoms with Crippen molar-refractivity contribution >= 4 is 22.4 Å². The van der Waals surface area contributed by atoms with Gasteiger partial charge in [-0.15, -0.1) is 11.3 Å². The summed E-state index contributed by atoms with van der Waals surface area (Å²) in [7, 11) is 0. The summed E-state index contributed by atoms with van der Waals surface area (Å²) < 4.78 is 0. The van der Waals surface area contributed by atoms with Gasteiger partial charge in [-0.05, 0) is 19.8 Å². The standard InChI is InChI=1S/C8H10N2O2S/c1-4-6(7(11)12)10-8(13-4)9-5-2-3-5/h5H,2-3H2,1H3,(H,9,10)(H,11,12). The Balaban J connectivity index is 2.18. The van der Waals surface area contributed by atoms with E-state index in [1.807, 2.05) is 0 Å². The molecule has 1 aromatic heterocycles. The summed E-state index contributed by atoms with van der Waals surface area (Å²) in [5, 5.41) is 12.7. The van der Waals surface area contributed by atoms with Crippen LogP contribution in [-0.4, -0.2) is 22.1 Å². The molecule has 0 saturated heterocycles. The number of anilines is 1. The van der Waals surface area contributed by atoms with Crippen LogP contribution in [0.2, 0.25) is 0 Å². The first-order valence-corrected chi connectivity index (χ1v) is 4.95. The number of hydrogen-bond acceptors (Lipinski definition) is 4. The lowest BCUT2D eigenvalue weighted by Gasteiger charge is -1.95. The Morgan fingerprint density at radius 3 is 2.85 bits per heavy atom. The molecule has 1 aliphatic carbocycles. The second-order valence-corrected chi connectivity index (χ2v) is 4.35. The smallest absolute Gasteiger partial charge is 0.355 e. The van der Waals surface area contributed by atoms with Gasteiger partial charge in [0.1, 0.15) is 0 Å². The first-order chi connectivity index (χ1) is 6.16. The molecule has 1 aromatic rings. The maximum atomic E-state index is 10.7. The van der Waals surface area contributed by atoms with Crippen molar-refractivity contribution in [1.82, 2.24) is 4.98 Å². The van der Waals surface area contributed by atoms with Crippen LogP contribution in [-0.2, 0) is 0 Å². The molecule has 0 bridgehead atoms. The highest BCUT2D eigenvalue weighted by Gasteiger charge is 2.23. The van der Waals surface area contributed by atoms with Gasteiger partial charge in [-0.2, -0.15) is 0 Å². The van der Waals surface area contributed by atoms with Crippen LogP contribution in [0.4, 0.5) is 5.13 Å². The average molecular weight is 198 g/mol. The van der Waals surface area contributed by atoms with Crippen LogP contribution in [0, 0.1) is 6.92 Å². The molecule has 2 rings (SSSR count). The van der Waals surface area contributed by atoms with Gasteiger partial charge in [0.25, 0.3) is 0 Å². The summed E-state index contributed by atoms with van der Waals surface area (Å²) in [6.45, 7) is 1.78. The number of hydrogen-bond donors (Lipinski definition) is 2. The lowest BCUT2D eigenvalue weighted by Crippen LogP contribution is -2.02. The summed E-state index contributed by atoms with van der Waals surface area (Å²) in [5.41, 5.74) is 0.174. The quantitative estimate of drug-likeness (QED) is 0.776. The van der Waals surface area contributed by atoms with Crippen molar-refractivity contribution in [3.8, 4) is 0 Å². The molecule has 0 amide bonds. The Hall–Kier alpha value is -1.10. The molecular weight excluding hydrogens is 188 g/mol. The second kappa shape index (κ2) is 2.99. The Morgan fingerprint density at radius 2 is 2.38 bits per heavy atom. The van der Waals surface area contributed by atoms with E-state index in [2.05, 4.69) is 10.3 Å². The van der Waals surface area contributed by atoms with Crippen molar-refractivity contribution < 1.29 is 9.90 Å². The highest BCUT2D eigenvalue weighted by Crippen LogP contribution is 2.28. The number of nitrogens with zero attached hydrogens (tertiary/aromatic N) is 1. The first-order valence-electron chi connectivity index (χ1n) is 4.14. The molecule has 2 N–H and O–H groups in total. The van der Waals surface area contributed by atoms with E-state index in [-0.39, 0.29) is 5.69 Å². The molecule has 1 saturated carbocycles. The fourth-order valence-electron chi connectivity index (χ4n) is 1.06. The topological polar surface area (TPSA) is 62.2 Å². The number of aromatic nitrogens is 1. The highest BCUT2D eigenvalue weighted by molar-refractivity contribution is 7.15. The molecule has 0 atom stereocenters. The third-order valence-corrected chi connectivity index (χ3v) is 2.81. The van der Waals surface area contributed by atoms with Gasteiger partial charge in [-0.25, -0.2) is 9.78 Å². The van der Waals surface area contributed by atoms with Gasteiger partial charge >= 0.3 is 5.97 Å². The molecule has 5 heteroatoms. The number of carbonyl (C=O) groups is 1. The average Bonchev–Trinajstić information content (AvgIpc) is 2.75. The lowest BCUT2D eigenvalue weighted by molar-refractivity contribution is 0.0690. The predicted octanol–water partition coefficient (Wildman–Crippen LogP) is 1.72. The molecule has 0 aromatic carbocycles. The van der Waals surface area contributed by atoms with E-state index in [0.717, 1.165) is 10.0 Å². The number of thiazole rings is 1. The zero-order chi connectivity index (χ0) is 9.42. The fraction of sp³-hybridized carbons (Fsp3) is 0.500. The Labute approximate surface area is 79.6 Å². The summed E-state index contributed by atoms with van der Waals surface area (Å²) in [6, 6.07) is 0.521. The van der Waals surface area contributed by atoms with E-state index in [4.69, 9.17) is 5.11 Å². The van der Waals surface area contributed by atoms with Crippen LogP contribution in [0.1, 0.15) is 28.2 Å². The van der Waals surface area contributed by atoms with E-state index < -0.39 is 5.97 Å². The number of rotatable bonds is 3. The van der Waals surface area contributed by atoms with Gasteiger partial charge in [0.2, 0.25) is 0 Å². The van der Waals surface area contributed by atoms with Crippen molar-refractivity contribution in [1.29, 1.82) is 0 Å². The molecule has 0 aliphatic heterocycles. The van der Waals surface area contributed by atoms with Crippen molar-refractivity contribution in [2.75, 3.05) is 5.32 Å². The summed E-state index contributed by atoms with van der Waals surface area (Å²) >= 11 is 1.41. The van der Waals surface area contributed by atoms with Crippen LogP contribution >= 0.6 is 11.3 Å². The molecule has 70 valence electrons. The van der Waals surface area contributed by atoms with Gasteiger partial charge in [0, 0.05) is 10.9 Å². The molecule has 0 radical (unpaired) electrons.